The number of hydrogen-bond acceptors (Lipinski definition) is 3. The summed E-state index contributed by atoms with van der Waals surface area (Å²) >= 11 is 8.99. The summed E-state index contributed by atoms with van der Waals surface area (Å²) in [6.45, 7) is 6.12. The van der Waals surface area contributed by atoms with Crippen LogP contribution < -0.4 is 9.47 Å². The highest BCUT2D eigenvalue weighted by Gasteiger charge is 2.18. The standard InChI is InChI=1S/C32H58Br2O2S/c1-3-5-7-9-11-13-15-17-19-21-23-25-27-35-29-30(32(34)37-31(29)33)36-28-26-24-22-20-18-16-14-12-10-8-6-4-2/h3-28H2,1-2H3. The van der Waals surface area contributed by atoms with Crippen molar-refractivity contribution in [3.63, 3.8) is 0 Å². The van der Waals surface area contributed by atoms with Gasteiger partial charge < -0.3 is 9.47 Å². The maximum atomic E-state index is 6.15. The molecule has 0 saturated heterocycles. The van der Waals surface area contributed by atoms with Crippen LogP contribution in [0.25, 0.3) is 0 Å². The highest BCUT2D eigenvalue weighted by atomic mass is 79.9. The van der Waals surface area contributed by atoms with Crippen molar-refractivity contribution in [1.82, 2.24) is 0 Å². The Morgan fingerprint density at radius 3 is 0.919 bits per heavy atom. The lowest BCUT2D eigenvalue weighted by atomic mass is 10.1. The molecule has 1 heterocycles. The molecule has 0 aromatic carbocycles. The monoisotopic (exact) mass is 664 g/mol. The fraction of sp³-hybridized carbons (Fsp3) is 0.875. The molecule has 0 unspecified atom stereocenters. The number of halogens is 2. The molecular formula is C32H58Br2O2S. The van der Waals surface area contributed by atoms with Gasteiger partial charge in [-0.15, -0.1) is 11.3 Å². The highest BCUT2D eigenvalue weighted by molar-refractivity contribution is 9.12. The fourth-order valence-electron chi connectivity index (χ4n) is 4.83. The maximum absolute atomic E-state index is 6.15. The highest BCUT2D eigenvalue weighted by Crippen LogP contribution is 2.48. The van der Waals surface area contributed by atoms with E-state index in [-0.39, 0.29) is 0 Å². The van der Waals surface area contributed by atoms with E-state index in [1.807, 2.05) is 0 Å². The van der Waals surface area contributed by atoms with Crippen molar-refractivity contribution >= 4 is 43.2 Å². The summed E-state index contributed by atoms with van der Waals surface area (Å²) in [5.74, 6) is 1.78. The van der Waals surface area contributed by atoms with E-state index in [2.05, 4.69) is 45.7 Å². The summed E-state index contributed by atoms with van der Waals surface area (Å²) in [7, 11) is 0. The first-order valence-corrected chi connectivity index (χ1v) is 18.3. The predicted octanol–water partition coefficient (Wildman–Crippen LogP) is 13.4. The van der Waals surface area contributed by atoms with Crippen LogP contribution in [0.15, 0.2) is 7.57 Å². The molecule has 218 valence electrons. The van der Waals surface area contributed by atoms with Gasteiger partial charge in [-0.3, -0.25) is 0 Å². The van der Waals surface area contributed by atoms with Crippen molar-refractivity contribution in [2.24, 2.45) is 0 Å². The quantitative estimate of drug-likeness (QED) is 0.0829. The molecule has 0 aliphatic carbocycles. The molecule has 0 atom stereocenters. The first-order chi connectivity index (χ1) is 18.2. The lowest BCUT2D eigenvalue weighted by Gasteiger charge is -2.10. The smallest absolute Gasteiger partial charge is 0.187 e. The van der Waals surface area contributed by atoms with Gasteiger partial charge in [-0.1, -0.05) is 155 Å². The molecule has 0 aliphatic rings. The van der Waals surface area contributed by atoms with Crippen molar-refractivity contribution in [3.8, 4) is 11.5 Å². The number of thiophene rings is 1. The molecule has 2 nitrogen and oxygen atoms in total. The van der Waals surface area contributed by atoms with E-state index in [1.165, 1.54) is 141 Å². The van der Waals surface area contributed by atoms with E-state index in [0.29, 0.717) is 0 Å². The summed E-state index contributed by atoms with van der Waals surface area (Å²) in [4.78, 5) is 0. The van der Waals surface area contributed by atoms with Crippen molar-refractivity contribution < 1.29 is 9.47 Å². The number of hydrogen-bond donors (Lipinski definition) is 0. The van der Waals surface area contributed by atoms with Gasteiger partial charge in [0.25, 0.3) is 0 Å². The van der Waals surface area contributed by atoms with Gasteiger partial charge in [-0.2, -0.15) is 0 Å². The summed E-state index contributed by atoms with van der Waals surface area (Å²) in [5, 5.41) is 0. The maximum Gasteiger partial charge on any atom is 0.187 e. The molecule has 1 aromatic heterocycles. The number of ether oxygens (including phenoxy) is 2. The predicted molar refractivity (Wildman–Crippen MR) is 173 cm³/mol. The average Bonchev–Trinajstić information content (AvgIpc) is 3.16. The molecule has 0 saturated carbocycles. The van der Waals surface area contributed by atoms with E-state index >= 15 is 0 Å². The molecule has 0 aliphatic heterocycles. The molecule has 1 rings (SSSR count). The molecule has 1 aromatic rings. The Balaban J connectivity index is 2.02. The third kappa shape index (κ3) is 19.9. The third-order valence-electron chi connectivity index (χ3n) is 7.23. The Morgan fingerprint density at radius 2 is 0.649 bits per heavy atom. The van der Waals surface area contributed by atoms with Gasteiger partial charge in [-0.05, 0) is 44.7 Å². The van der Waals surface area contributed by atoms with Crippen LogP contribution in [0.4, 0.5) is 0 Å². The first-order valence-electron chi connectivity index (χ1n) is 15.9. The van der Waals surface area contributed by atoms with E-state index in [1.54, 1.807) is 11.3 Å². The zero-order valence-corrected chi connectivity index (χ0v) is 28.4. The van der Waals surface area contributed by atoms with Gasteiger partial charge in [0.1, 0.15) is 7.57 Å². The van der Waals surface area contributed by atoms with Crippen molar-refractivity contribution in [1.29, 1.82) is 0 Å². The van der Waals surface area contributed by atoms with Crippen LogP contribution in [-0.2, 0) is 0 Å². The second-order valence-corrected chi connectivity index (χ2v) is 14.4. The molecule has 0 bridgehead atoms. The Bertz CT molecular complexity index is 570. The minimum atomic E-state index is 0.772. The second-order valence-electron chi connectivity index (χ2n) is 10.8. The summed E-state index contributed by atoms with van der Waals surface area (Å²) in [5.41, 5.74) is 0. The van der Waals surface area contributed by atoms with E-state index < -0.39 is 0 Å². The van der Waals surface area contributed by atoms with Crippen molar-refractivity contribution in [2.45, 2.75) is 168 Å². The third-order valence-corrected chi connectivity index (χ3v) is 9.65. The minimum absolute atomic E-state index is 0.772. The molecule has 0 N–H and O–H groups in total. The molecule has 0 amide bonds. The normalized spacial score (nSPS) is 11.4. The van der Waals surface area contributed by atoms with Gasteiger partial charge in [0.05, 0.1) is 13.2 Å². The summed E-state index contributed by atoms with van der Waals surface area (Å²) in [6, 6.07) is 0. The van der Waals surface area contributed by atoms with Gasteiger partial charge in [-0.25, -0.2) is 0 Å². The molecule has 0 radical (unpaired) electrons. The van der Waals surface area contributed by atoms with E-state index in [9.17, 15) is 0 Å². The molecule has 5 heteroatoms. The van der Waals surface area contributed by atoms with Crippen LogP contribution in [0, 0.1) is 0 Å². The minimum Gasteiger partial charge on any atom is -0.488 e. The number of unbranched alkanes of at least 4 members (excludes halogenated alkanes) is 22. The van der Waals surface area contributed by atoms with Gasteiger partial charge in [0.15, 0.2) is 11.5 Å². The molecule has 0 spiro atoms. The van der Waals surface area contributed by atoms with Crippen LogP contribution in [-0.4, -0.2) is 13.2 Å². The van der Waals surface area contributed by atoms with Crippen molar-refractivity contribution in [3.05, 3.63) is 7.57 Å². The van der Waals surface area contributed by atoms with Crippen LogP contribution in [0.3, 0.4) is 0 Å². The van der Waals surface area contributed by atoms with Gasteiger partial charge >= 0.3 is 0 Å². The topological polar surface area (TPSA) is 18.5 Å². The Kier molecular flexibility index (Phi) is 25.3. The summed E-state index contributed by atoms with van der Waals surface area (Å²) < 4.78 is 14.4. The van der Waals surface area contributed by atoms with Crippen LogP contribution in [0.5, 0.6) is 11.5 Å². The first kappa shape index (κ1) is 35.3. The van der Waals surface area contributed by atoms with Gasteiger partial charge in [0.2, 0.25) is 0 Å². The molecule has 37 heavy (non-hydrogen) atoms. The fourth-order valence-corrected chi connectivity index (χ4v) is 7.69. The van der Waals surface area contributed by atoms with Gasteiger partial charge in [0, 0.05) is 0 Å². The Morgan fingerprint density at radius 1 is 0.405 bits per heavy atom. The summed E-state index contributed by atoms with van der Waals surface area (Å²) in [6.07, 6.45) is 32.7. The van der Waals surface area contributed by atoms with Crippen LogP contribution in [0.1, 0.15) is 168 Å². The zero-order valence-electron chi connectivity index (χ0n) is 24.4. The lowest BCUT2D eigenvalue weighted by Crippen LogP contribution is -2.02. The lowest BCUT2D eigenvalue weighted by molar-refractivity contribution is 0.258. The SMILES string of the molecule is CCCCCCCCCCCCCCOc1c(Br)sc(Br)c1OCCCCCCCCCCCCCC. The largest absolute Gasteiger partial charge is 0.488 e. The Hall–Kier alpha value is 0.260. The molecular weight excluding hydrogens is 608 g/mol. The zero-order chi connectivity index (χ0) is 26.8. The second kappa shape index (κ2) is 26.5. The van der Waals surface area contributed by atoms with Crippen LogP contribution >= 0.6 is 43.2 Å². The van der Waals surface area contributed by atoms with E-state index in [0.717, 1.165) is 45.1 Å². The average molecular weight is 667 g/mol. The number of rotatable bonds is 28. The Labute approximate surface area is 251 Å². The molecule has 0 fully saturated rings. The van der Waals surface area contributed by atoms with Crippen LogP contribution in [0.2, 0.25) is 0 Å². The van der Waals surface area contributed by atoms with E-state index in [4.69, 9.17) is 9.47 Å². The van der Waals surface area contributed by atoms with Crippen molar-refractivity contribution in [2.75, 3.05) is 13.2 Å².